The maximum atomic E-state index is 13.4. The van der Waals surface area contributed by atoms with Crippen molar-refractivity contribution >= 4 is 33.2 Å². The summed E-state index contributed by atoms with van der Waals surface area (Å²) in [5, 5.41) is 9.46. The molecule has 2 aliphatic rings. The summed E-state index contributed by atoms with van der Waals surface area (Å²) in [5.41, 5.74) is 1.78. The molecule has 0 spiro atoms. The highest BCUT2D eigenvalue weighted by molar-refractivity contribution is 7.89. The Bertz CT molecular complexity index is 1150. The second kappa shape index (κ2) is 7.64. The number of hydrogen-bond donors (Lipinski definition) is 0. The van der Waals surface area contributed by atoms with Crippen molar-refractivity contribution < 1.29 is 8.42 Å². The van der Waals surface area contributed by atoms with Gasteiger partial charge >= 0.3 is 0 Å². The molecule has 0 saturated carbocycles. The minimum Gasteiger partial charge on any atom is -0.207 e. The van der Waals surface area contributed by atoms with Crippen LogP contribution in [-0.4, -0.2) is 39.8 Å². The van der Waals surface area contributed by atoms with E-state index in [0.717, 1.165) is 36.8 Å². The number of hydrogen-bond acceptors (Lipinski definition) is 4. The van der Waals surface area contributed by atoms with E-state index in [1.165, 1.54) is 0 Å². The first-order valence-corrected chi connectivity index (χ1v) is 12.1. The Hall–Kier alpha value is -1.93. The molecule has 3 aromatic rings. The van der Waals surface area contributed by atoms with E-state index in [1.54, 1.807) is 45.8 Å². The Morgan fingerprint density at radius 3 is 2.00 bits per heavy atom. The minimum atomic E-state index is -3.57. The monoisotopic (exact) mass is 462 g/mol. The van der Waals surface area contributed by atoms with E-state index in [2.05, 4.69) is 10.2 Å². The molecule has 156 valence electrons. The van der Waals surface area contributed by atoms with Crippen molar-refractivity contribution in [3.63, 3.8) is 0 Å². The van der Waals surface area contributed by atoms with Crippen LogP contribution in [0.3, 0.4) is 0 Å². The van der Waals surface area contributed by atoms with Crippen LogP contribution < -0.4 is 0 Å². The van der Waals surface area contributed by atoms with Crippen LogP contribution in [0.2, 0.25) is 10.0 Å². The molecule has 2 fully saturated rings. The third-order valence-corrected chi connectivity index (χ3v) is 8.85. The summed E-state index contributed by atoms with van der Waals surface area (Å²) >= 11 is 12.1. The van der Waals surface area contributed by atoms with Gasteiger partial charge in [-0.2, -0.15) is 19.3 Å². The van der Waals surface area contributed by atoms with E-state index < -0.39 is 10.0 Å². The summed E-state index contributed by atoms with van der Waals surface area (Å²) in [7, 11) is -3.57. The third kappa shape index (κ3) is 3.43. The average molecular weight is 463 g/mol. The molecular formula is C21H20Cl2N4O2S. The molecule has 2 bridgehead atoms. The third-order valence-electron chi connectivity index (χ3n) is 6.09. The number of aromatic nitrogens is 3. The number of benzene rings is 2. The molecule has 2 unspecified atom stereocenters. The highest BCUT2D eigenvalue weighted by Gasteiger charge is 2.48. The first-order valence-electron chi connectivity index (χ1n) is 9.88. The smallest absolute Gasteiger partial charge is 0.207 e. The molecule has 2 aromatic carbocycles. The SMILES string of the molecule is O=S(=O)(c1ccc(-c2ccc(Cl)c(Cl)c2)cc1)N1C2CCC1CC(n1nccn1)C2. The molecular weight excluding hydrogens is 443 g/mol. The quantitative estimate of drug-likeness (QED) is 0.557. The molecule has 0 amide bonds. The van der Waals surface area contributed by atoms with Crippen molar-refractivity contribution in [3.05, 3.63) is 64.9 Å². The van der Waals surface area contributed by atoms with Gasteiger partial charge in [0.05, 0.1) is 33.4 Å². The molecule has 0 aliphatic carbocycles. The lowest BCUT2D eigenvalue weighted by atomic mass is 10.0. The molecule has 0 N–H and O–H groups in total. The van der Waals surface area contributed by atoms with E-state index in [0.29, 0.717) is 14.9 Å². The Morgan fingerprint density at radius 1 is 0.800 bits per heavy atom. The van der Waals surface area contributed by atoms with E-state index >= 15 is 0 Å². The Labute approximate surface area is 185 Å². The van der Waals surface area contributed by atoms with Crippen LogP contribution >= 0.6 is 23.2 Å². The largest absolute Gasteiger partial charge is 0.243 e. The van der Waals surface area contributed by atoms with Gasteiger partial charge in [0.2, 0.25) is 10.0 Å². The summed E-state index contributed by atoms with van der Waals surface area (Å²) in [6.07, 6.45) is 6.57. The fraction of sp³-hybridized carbons (Fsp3) is 0.333. The zero-order chi connectivity index (χ0) is 20.9. The first-order chi connectivity index (χ1) is 14.4. The maximum absolute atomic E-state index is 13.4. The van der Waals surface area contributed by atoms with Crippen molar-refractivity contribution in [1.82, 2.24) is 19.3 Å². The summed E-state index contributed by atoms with van der Waals surface area (Å²) in [5.74, 6) is 0. The fourth-order valence-electron chi connectivity index (χ4n) is 4.72. The van der Waals surface area contributed by atoms with Crippen LogP contribution in [0.4, 0.5) is 0 Å². The van der Waals surface area contributed by atoms with E-state index in [4.69, 9.17) is 23.2 Å². The molecule has 2 aliphatic heterocycles. The van der Waals surface area contributed by atoms with Gasteiger partial charge in [0.25, 0.3) is 0 Å². The van der Waals surface area contributed by atoms with Crippen LogP contribution in [0.25, 0.3) is 11.1 Å². The number of fused-ring (bicyclic) bond motifs is 2. The standard InChI is InChI=1S/C21H20Cl2N4O2S/c22-20-8-3-15(11-21(20)23)14-1-6-19(7-2-14)30(28,29)26-16-4-5-17(26)13-18(12-16)27-24-9-10-25-27/h1-3,6-11,16-18H,4-5,12-13H2. The second-order valence-electron chi connectivity index (χ2n) is 7.85. The highest BCUT2D eigenvalue weighted by atomic mass is 35.5. The van der Waals surface area contributed by atoms with Crippen molar-refractivity contribution in [1.29, 1.82) is 0 Å². The topological polar surface area (TPSA) is 68.1 Å². The van der Waals surface area contributed by atoms with Crippen LogP contribution in [0.15, 0.2) is 59.8 Å². The molecule has 5 rings (SSSR count). The van der Waals surface area contributed by atoms with Gasteiger partial charge in [-0.3, -0.25) is 0 Å². The van der Waals surface area contributed by atoms with E-state index in [9.17, 15) is 8.42 Å². The summed E-state index contributed by atoms with van der Waals surface area (Å²) in [4.78, 5) is 2.04. The van der Waals surface area contributed by atoms with Crippen LogP contribution in [0, 0.1) is 0 Å². The molecule has 0 radical (unpaired) electrons. The number of piperidine rings is 1. The predicted octanol–water partition coefficient (Wildman–Crippen LogP) is 4.81. The number of rotatable bonds is 4. The Kier molecular flexibility index (Phi) is 5.09. The average Bonchev–Trinajstić information content (AvgIpc) is 3.37. The molecule has 6 nitrogen and oxygen atoms in total. The number of sulfonamides is 1. The van der Waals surface area contributed by atoms with Gasteiger partial charge in [-0.05, 0) is 61.1 Å². The minimum absolute atomic E-state index is 0.0144. The lowest BCUT2D eigenvalue weighted by Gasteiger charge is -2.37. The summed E-state index contributed by atoms with van der Waals surface area (Å²) in [6.45, 7) is 0. The van der Waals surface area contributed by atoms with Gasteiger partial charge < -0.3 is 0 Å². The van der Waals surface area contributed by atoms with Gasteiger partial charge in [0.15, 0.2) is 0 Å². The highest BCUT2D eigenvalue weighted by Crippen LogP contribution is 2.43. The maximum Gasteiger partial charge on any atom is 0.243 e. The fourth-order valence-corrected chi connectivity index (χ4v) is 6.91. The van der Waals surface area contributed by atoms with Gasteiger partial charge in [-0.25, -0.2) is 8.42 Å². The predicted molar refractivity (Wildman–Crippen MR) is 116 cm³/mol. The Balaban J connectivity index is 1.40. The van der Waals surface area contributed by atoms with Crippen molar-refractivity contribution in [2.24, 2.45) is 0 Å². The van der Waals surface area contributed by atoms with Gasteiger partial charge in [0.1, 0.15) is 0 Å². The first kappa shape index (κ1) is 20.0. The van der Waals surface area contributed by atoms with E-state index in [-0.39, 0.29) is 18.1 Å². The molecule has 30 heavy (non-hydrogen) atoms. The van der Waals surface area contributed by atoms with Crippen LogP contribution in [-0.2, 0) is 10.0 Å². The zero-order valence-corrected chi connectivity index (χ0v) is 18.4. The lowest BCUT2D eigenvalue weighted by molar-refractivity contribution is 0.174. The van der Waals surface area contributed by atoms with E-state index in [1.807, 2.05) is 18.2 Å². The second-order valence-corrected chi connectivity index (χ2v) is 10.5. The van der Waals surface area contributed by atoms with Gasteiger partial charge in [-0.15, -0.1) is 0 Å². The van der Waals surface area contributed by atoms with Crippen LogP contribution in [0.5, 0.6) is 0 Å². The Morgan fingerprint density at radius 2 is 1.40 bits per heavy atom. The molecule has 9 heteroatoms. The van der Waals surface area contributed by atoms with Crippen LogP contribution in [0.1, 0.15) is 31.7 Å². The molecule has 2 atom stereocenters. The van der Waals surface area contributed by atoms with Gasteiger partial charge in [-0.1, -0.05) is 41.4 Å². The normalized spacial score (nSPS) is 24.3. The summed E-state index contributed by atoms with van der Waals surface area (Å²) in [6, 6.07) is 12.5. The number of nitrogens with zero attached hydrogens (tertiary/aromatic N) is 4. The zero-order valence-electron chi connectivity index (χ0n) is 16.0. The number of halogens is 2. The van der Waals surface area contributed by atoms with Crippen molar-refractivity contribution in [2.45, 2.75) is 48.7 Å². The molecule has 1 aromatic heterocycles. The molecule has 3 heterocycles. The van der Waals surface area contributed by atoms with Crippen molar-refractivity contribution in [2.75, 3.05) is 0 Å². The van der Waals surface area contributed by atoms with Crippen molar-refractivity contribution in [3.8, 4) is 11.1 Å². The van der Waals surface area contributed by atoms with Gasteiger partial charge in [0, 0.05) is 12.1 Å². The lowest BCUT2D eigenvalue weighted by Crippen LogP contribution is -2.47. The summed E-state index contributed by atoms with van der Waals surface area (Å²) < 4.78 is 28.6. The molecule has 2 saturated heterocycles.